The van der Waals surface area contributed by atoms with E-state index >= 15 is 0 Å². The molecule has 76 valence electrons. The Morgan fingerprint density at radius 1 is 1.29 bits per heavy atom. The molecular formula is C9H9F2NO2. The van der Waals surface area contributed by atoms with Gasteiger partial charge in [0.1, 0.15) is 11.4 Å². The quantitative estimate of drug-likeness (QED) is 0.703. The third-order valence-corrected chi connectivity index (χ3v) is 1.78. The number of hydrogen-bond acceptors (Lipinski definition) is 3. The van der Waals surface area contributed by atoms with Crippen molar-refractivity contribution in [1.29, 1.82) is 0 Å². The van der Waals surface area contributed by atoms with Crippen molar-refractivity contribution in [2.45, 2.75) is 20.5 Å². The van der Waals surface area contributed by atoms with Crippen LogP contribution in [0.4, 0.5) is 14.5 Å². The number of alkyl halides is 2. The molecule has 1 rings (SSSR count). The molecule has 0 N–H and O–H groups in total. The zero-order valence-electron chi connectivity index (χ0n) is 7.75. The second-order valence-corrected chi connectivity index (χ2v) is 2.88. The highest BCUT2D eigenvalue weighted by Gasteiger charge is 2.09. The molecule has 14 heavy (non-hydrogen) atoms. The largest absolute Gasteiger partial charge is 0.435 e. The fraction of sp³-hybridized carbons (Fsp3) is 0.333. The Labute approximate surface area is 79.7 Å². The molecule has 0 atom stereocenters. The highest BCUT2D eigenvalue weighted by atomic mass is 19.3. The van der Waals surface area contributed by atoms with Crippen LogP contribution in [0.15, 0.2) is 17.3 Å². The molecule has 0 heterocycles. The molecule has 3 nitrogen and oxygen atoms in total. The molecule has 0 radical (unpaired) electrons. The van der Waals surface area contributed by atoms with Gasteiger partial charge < -0.3 is 4.74 Å². The molecule has 0 aliphatic rings. The molecular weight excluding hydrogens is 192 g/mol. The van der Waals surface area contributed by atoms with Gasteiger partial charge in [0.25, 0.3) is 0 Å². The minimum atomic E-state index is -2.86. The molecule has 0 bridgehead atoms. The van der Waals surface area contributed by atoms with Crippen molar-refractivity contribution >= 4 is 5.69 Å². The molecule has 0 aromatic heterocycles. The van der Waals surface area contributed by atoms with Gasteiger partial charge >= 0.3 is 6.61 Å². The number of halogens is 2. The van der Waals surface area contributed by atoms with E-state index in [1.54, 1.807) is 13.8 Å². The minimum absolute atomic E-state index is 0.0439. The molecule has 0 spiro atoms. The molecule has 0 amide bonds. The van der Waals surface area contributed by atoms with E-state index in [0.717, 1.165) is 0 Å². The van der Waals surface area contributed by atoms with Crippen LogP contribution in [0.25, 0.3) is 0 Å². The summed E-state index contributed by atoms with van der Waals surface area (Å²) in [5.41, 5.74) is 1.32. The lowest BCUT2D eigenvalue weighted by Crippen LogP contribution is -2.02. The first-order chi connectivity index (χ1) is 6.54. The van der Waals surface area contributed by atoms with Crippen molar-refractivity contribution in [1.82, 2.24) is 0 Å². The van der Waals surface area contributed by atoms with Crippen LogP contribution in [-0.2, 0) is 0 Å². The van der Waals surface area contributed by atoms with E-state index in [9.17, 15) is 13.7 Å². The summed E-state index contributed by atoms with van der Waals surface area (Å²) in [6, 6.07) is 2.71. The average Bonchev–Trinajstić information content (AvgIpc) is 2.01. The van der Waals surface area contributed by atoms with Gasteiger partial charge in [0, 0.05) is 0 Å². The summed E-state index contributed by atoms with van der Waals surface area (Å²) >= 11 is 0. The van der Waals surface area contributed by atoms with Crippen LogP contribution in [0, 0.1) is 18.8 Å². The zero-order chi connectivity index (χ0) is 10.7. The van der Waals surface area contributed by atoms with Gasteiger partial charge in [-0.2, -0.15) is 8.78 Å². The van der Waals surface area contributed by atoms with Crippen LogP contribution in [0.1, 0.15) is 11.1 Å². The third kappa shape index (κ3) is 2.25. The van der Waals surface area contributed by atoms with Crippen molar-refractivity contribution in [3.05, 3.63) is 28.2 Å². The molecule has 0 fully saturated rings. The van der Waals surface area contributed by atoms with E-state index < -0.39 is 6.61 Å². The maximum absolute atomic E-state index is 11.9. The standard InChI is InChI=1S/C9H9F2NO2/c1-5-3-7(14-9(10)11)4-6(2)8(5)12-13/h3-4,9H,1-2H3. The van der Waals surface area contributed by atoms with Crippen molar-refractivity contribution in [3.8, 4) is 5.75 Å². The number of aryl methyl sites for hydroxylation is 2. The molecule has 0 saturated heterocycles. The van der Waals surface area contributed by atoms with Gasteiger partial charge in [0.05, 0.1) is 0 Å². The van der Waals surface area contributed by atoms with Crippen LogP contribution in [0.2, 0.25) is 0 Å². The van der Waals surface area contributed by atoms with Crippen molar-refractivity contribution in [2.24, 2.45) is 5.18 Å². The van der Waals surface area contributed by atoms with Crippen molar-refractivity contribution in [3.63, 3.8) is 0 Å². The second kappa shape index (κ2) is 4.13. The maximum Gasteiger partial charge on any atom is 0.387 e. The first kappa shape index (κ1) is 10.6. The van der Waals surface area contributed by atoms with Gasteiger partial charge in [-0.1, -0.05) is 0 Å². The topological polar surface area (TPSA) is 38.7 Å². The van der Waals surface area contributed by atoms with E-state index in [-0.39, 0.29) is 11.4 Å². The fourth-order valence-electron chi connectivity index (χ4n) is 1.23. The molecule has 5 heteroatoms. The van der Waals surface area contributed by atoms with E-state index in [1.807, 2.05) is 0 Å². The van der Waals surface area contributed by atoms with Crippen LogP contribution < -0.4 is 4.74 Å². The van der Waals surface area contributed by atoms with Gasteiger partial charge in [-0.15, -0.1) is 4.91 Å². The number of rotatable bonds is 3. The normalized spacial score (nSPS) is 10.4. The lowest BCUT2D eigenvalue weighted by atomic mass is 10.1. The van der Waals surface area contributed by atoms with Crippen LogP contribution >= 0.6 is 0 Å². The summed E-state index contributed by atoms with van der Waals surface area (Å²) in [6.45, 7) is 0.369. The lowest BCUT2D eigenvalue weighted by molar-refractivity contribution is -0.0498. The monoisotopic (exact) mass is 201 g/mol. The number of hydrogen-bond donors (Lipinski definition) is 0. The second-order valence-electron chi connectivity index (χ2n) is 2.88. The summed E-state index contributed by atoms with van der Waals surface area (Å²) in [5, 5.41) is 2.80. The smallest absolute Gasteiger partial charge is 0.387 e. The summed E-state index contributed by atoms with van der Waals surface area (Å²) in [4.78, 5) is 10.3. The Morgan fingerprint density at radius 2 is 1.79 bits per heavy atom. The van der Waals surface area contributed by atoms with E-state index in [1.165, 1.54) is 12.1 Å². The van der Waals surface area contributed by atoms with Gasteiger partial charge in [-0.3, -0.25) is 0 Å². The Hall–Kier alpha value is -1.52. The molecule has 0 saturated carbocycles. The molecule has 0 aliphatic heterocycles. The molecule has 1 aromatic carbocycles. The number of ether oxygens (including phenoxy) is 1. The lowest BCUT2D eigenvalue weighted by Gasteiger charge is -2.08. The minimum Gasteiger partial charge on any atom is -0.435 e. The zero-order valence-corrected chi connectivity index (χ0v) is 7.75. The number of nitrogens with zero attached hydrogens (tertiary/aromatic N) is 1. The van der Waals surface area contributed by atoms with Gasteiger partial charge in [0.2, 0.25) is 0 Å². The predicted molar refractivity (Wildman–Crippen MR) is 48.0 cm³/mol. The summed E-state index contributed by atoms with van der Waals surface area (Å²) < 4.78 is 27.9. The van der Waals surface area contributed by atoms with Crippen LogP contribution in [0.3, 0.4) is 0 Å². The van der Waals surface area contributed by atoms with Crippen molar-refractivity contribution < 1.29 is 13.5 Å². The summed E-state index contributed by atoms with van der Waals surface area (Å²) in [7, 11) is 0. The molecule has 0 aliphatic carbocycles. The van der Waals surface area contributed by atoms with Gasteiger partial charge in [-0.05, 0) is 42.3 Å². The van der Waals surface area contributed by atoms with Crippen LogP contribution in [0.5, 0.6) is 5.75 Å². The van der Waals surface area contributed by atoms with Gasteiger partial charge in [-0.25, -0.2) is 0 Å². The number of nitroso groups, excluding NO2 is 1. The highest BCUT2D eigenvalue weighted by Crippen LogP contribution is 2.28. The number of benzene rings is 1. The highest BCUT2D eigenvalue weighted by molar-refractivity contribution is 5.55. The Kier molecular flexibility index (Phi) is 3.11. The SMILES string of the molecule is Cc1cc(OC(F)F)cc(C)c1N=O. The van der Waals surface area contributed by atoms with E-state index in [2.05, 4.69) is 9.91 Å². The fourth-order valence-corrected chi connectivity index (χ4v) is 1.23. The van der Waals surface area contributed by atoms with Crippen molar-refractivity contribution in [2.75, 3.05) is 0 Å². The molecule has 1 aromatic rings. The average molecular weight is 201 g/mol. The Morgan fingerprint density at radius 3 is 2.14 bits per heavy atom. The summed E-state index contributed by atoms with van der Waals surface area (Å²) in [5.74, 6) is 0.0439. The first-order valence-corrected chi connectivity index (χ1v) is 3.94. The Balaban J connectivity index is 3.07. The summed E-state index contributed by atoms with van der Waals surface area (Å²) in [6.07, 6.45) is 0. The van der Waals surface area contributed by atoms with Gasteiger partial charge in [0.15, 0.2) is 0 Å². The first-order valence-electron chi connectivity index (χ1n) is 3.94. The predicted octanol–water partition coefficient (Wildman–Crippen LogP) is 3.30. The van der Waals surface area contributed by atoms with E-state index in [4.69, 9.17) is 0 Å². The maximum atomic E-state index is 11.9. The van der Waals surface area contributed by atoms with E-state index in [0.29, 0.717) is 11.1 Å². The Bertz CT molecular complexity index is 330. The van der Waals surface area contributed by atoms with Crippen LogP contribution in [-0.4, -0.2) is 6.61 Å². The molecule has 0 unspecified atom stereocenters. The third-order valence-electron chi connectivity index (χ3n) is 1.78.